The summed E-state index contributed by atoms with van der Waals surface area (Å²) in [5.74, 6) is 3.34. The molecule has 0 aromatic carbocycles. The number of rotatable bonds is 0. The lowest BCUT2D eigenvalue weighted by atomic mass is 9.98. The Kier molecular flexibility index (Phi) is 0.472. The summed E-state index contributed by atoms with van der Waals surface area (Å²) in [6.45, 7) is 1.33. The Balaban J connectivity index is 1.99. The molecule has 44 valence electrons. The molecular weight excluding hydrogens is 98.1 g/mol. The molecule has 4 aliphatic rings. The fourth-order valence-corrected chi connectivity index (χ4v) is 2.73. The van der Waals surface area contributed by atoms with Crippen LogP contribution >= 0.6 is 0 Å². The molecule has 2 heterocycles. The van der Waals surface area contributed by atoms with Crippen LogP contribution < -0.4 is 5.32 Å². The molecule has 1 heteroatoms. The van der Waals surface area contributed by atoms with E-state index in [1.807, 2.05) is 0 Å². The van der Waals surface area contributed by atoms with Gasteiger partial charge in [0, 0.05) is 6.04 Å². The van der Waals surface area contributed by atoms with Gasteiger partial charge in [0.05, 0.1) is 0 Å². The molecule has 0 spiro atoms. The lowest BCUT2D eigenvalue weighted by Gasteiger charge is -2.21. The van der Waals surface area contributed by atoms with Crippen molar-refractivity contribution < 1.29 is 0 Å². The molecule has 2 aliphatic heterocycles. The molecule has 0 aromatic rings. The molecule has 2 saturated carbocycles. The highest BCUT2D eigenvalue weighted by Crippen LogP contribution is 2.57. The van der Waals surface area contributed by atoms with Crippen molar-refractivity contribution in [2.45, 2.75) is 18.9 Å². The average molecular weight is 109 g/mol. The van der Waals surface area contributed by atoms with E-state index in [0.29, 0.717) is 0 Å². The highest BCUT2D eigenvalue weighted by atomic mass is 15.0. The van der Waals surface area contributed by atoms with Gasteiger partial charge in [0.2, 0.25) is 0 Å². The largest absolute Gasteiger partial charge is 0.313 e. The van der Waals surface area contributed by atoms with Crippen molar-refractivity contribution in [3.05, 3.63) is 0 Å². The SMILES string of the molecule is C1NC2C3CC1CC32. The van der Waals surface area contributed by atoms with Crippen molar-refractivity contribution in [2.75, 3.05) is 6.54 Å². The first-order chi connectivity index (χ1) is 3.95. The summed E-state index contributed by atoms with van der Waals surface area (Å²) in [6.07, 6.45) is 3.12. The molecule has 2 saturated heterocycles. The summed E-state index contributed by atoms with van der Waals surface area (Å²) in [7, 11) is 0. The van der Waals surface area contributed by atoms with E-state index in [2.05, 4.69) is 5.32 Å². The third-order valence-corrected chi connectivity index (χ3v) is 3.18. The molecule has 2 atom stereocenters. The smallest absolute Gasteiger partial charge is 0.0130 e. The van der Waals surface area contributed by atoms with Crippen LogP contribution in [0.1, 0.15) is 12.8 Å². The van der Waals surface area contributed by atoms with E-state index in [1.54, 1.807) is 12.8 Å². The van der Waals surface area contributed by atoms with Gasteiger partial charge in [-0.3, -0.25) is 0 Å². The van der Waals surface area contributed by atoms with Gasteiger partial charge in [-0.2, -0.15) is 0 Å². The highest BCUT2D eigenvalue weighted by Gasteiger charge is 2.58. The van der Waals surface area contributed by atoms with Gasteiger partial charge < -0.3 is 5.32 Å². The highest BCUT2D eigenvalue weighted by molar-refractivity contribution is 5.13. The second kappa shape index (κ2) is 0.971. The van der Waals surface area contributed by atoms with E-state index in [4.69, 9.17) is 0 Å². The number of fused-ring (bicyclic) bond motifs is 1. The molecule has 4 rings (SSSR count). The minimum atomic E-state index is 0.986. The topological polar surface area (TPSA) is 12.0 Å². The van der Waals surface area contributed by atoms with Crippen molar-refractivity contribution in [3.63, 3.8) is 0 Å². The van der Waals surface area contributed by atoms with Crippen molar-refractivity contribution in [1.29, 1.82) is 0 Å². The fraction of sp³-hybridized carbons (Fsp3) is 1.00. The summed E-state index contributed by atoms with van der Waals surface area (Å²) in [6, 6.07) is 0.986. The normalized spacial score (nSPS) is 66.0. The van der Waals surface area contributed by atoms with Crippen molar-refractivity contribution in [1.82, 2.24) is 5.32 Å². The molecule has 4 fully saturated rings. The summed E-state index contributed by atoms with van der Waals surface area (Å²) >= 11 is 0. The Morgan fingerprint density at radius 3 is 2.12 bits per heavy atom. The van der Waals surface area contributed by atoms with Gasteiger partial charge in [-0.05, 0) is 37.1 Å². The lowest BCUT2D eigenvalue weighted by Crippen LogP contribution is -2.34. The van der Waals surface area contributed by atoms with Crippen LogP contribution in [0.5, 0.6) is 0 Å². The standard InChI is InChI=1S/C7H11N/c1-4-2-6-5(1)7(6)8-3-4/h4-8H,1-3H2. The zero-order chi connectivity index (χ0) is 5.14. The average Bonchev–Trinajstić information content (AvgIpc) is 2.38. The third kappa shape index (κ3) is 0.278. The van der Waals surface area contributed by atoms with Crippen molar-refractivity contribution >= 4 is 0 Å². The maximum atomic E-state index is 3.56. The first-order valence-corrected chi connectivity index (χ1v) is 3.68. The van der Waals surface area contributed by atoms with Gasteiger partial charge in [-0.25, -0.2) is 0 Å². The minimum Gasteiger partial charge on any atom is -0.313 e. The van der Waals surface area contributed by atoms with Crippen molar-refractivity contribution in [3.8, 4) is 0 Å². The van der Waals surface area contributed by atoms with Gasteiger partial charge in [-0.1, -0.05) is 0 Å². The molecule has 1 nitrogen and oxygen atoms in total. The Hall–Kier alpha value is -0.0400. The van der Waals surface area contributed by atoms with Crippen LogP contribution in [0.3, 0.4) is 0 Å². The second-order valence-corrected chi connectivity index (χ2v) is 3.60. The molecule has 4 bridgehead atoms. The molecule has 2 unspecified atom stereocenters. The first kappa shape index (κ1) is 3.89. The van der Waals surface area contributed by atoms with E-state index >= 15 is 0 Å². The maximum absolute atomic E-state index is 3.56. The second-order valence-electron chi connectivity index (χ2n) is 3.60. The summed E-state index contributed by atoms with van der Waals surface area (Å²) < 4.78 is 0. The van der Waals surface area contributed by atoms with E-state index in [0.717, 1.165) is 23.8 Å². The maximum Gasteiger partial charge on any atom is 0.0130 e. The number of hydrogen-bond acceptors (Lipinski definition) is 1. The third-order valence-electron chi connectivity index (χ3n) is 3.18. The Labute approximate surface area is 49.5 Å². The summed E-state index contributed by atoms with van der Waals surface area (Å²) in [4.78, 5) is 0. The van der Waals surface area contributed by atoms with E-state index < -0.39 is 0 Å². The molecule has 2 aliphatic carbocycles. The van der Waals surface area contributed by atoms with Crippen LogP contribution in [0.2, 0.25) is 0 Å². The van der Waals surface area contributed by atoms with Gasteiger partial charge >= 0.3 is 0 Å². The molecule has 0 aromatic heterocycles. The van der Waals surface area contributed by atoms with Gasteiger partial charge in [-0.15, -0.1) is 0 Å². The minimum absolute atomic E-state index is 0.986. The Bertz CT molecular complexity index is 112. The van der Waals surface area contributed by atoms with E-state index in [9.17, 15) is 0 Å². The Morgan fingerprint density at radius 1 is 1.12 bits per heavy atom. The summed E-state index contributed by atoms with van der Waals surface area (Å²) in [5, 5.41) is 3.56. The van der Waals surface area contributed by atoms with Crippen LogP contribution in [-0.2, 0) is 0 Å². The van der Waals surface area contributed by atoms with E-state index in [1.165, 1.54) is 6.54 Å². The zero-order valence-electron chi connectivity index (χ0n) is 4.93. The van der Waals surface area contributed by atoms with Crippen LogP contribution in [0.4, 0.5) is 0 Å². The predicted molar refractivity (Wildman–Crippen MR) is 31.5 cm³/mol. The quantitative estimate of drug-likeness (QED) is 0.480. The monoisotopic (exact) mass is 109 g/mol. The molecule has 1 N–H and O–H groups in total. The Morgan fingerprint density at radius 2 is 1.88 bits per heavy atom. The van der Waals surface area contributed by atoms with E-state index in [-0.39, 0.29) is 0 Å². The number of nitrogens with one attached hydrogen (secondary N) is 1. The molecule has 0 radical (unpaired) electrons. The summed E-state index contributed by atoms with van der Waals surface area (Å²) in [5.41, 5.74) is 0. The first-order valence-electron chi connectivity index (χ1n) is 3.68. The van der Waals surface area contributed by atoms with Gasteiger partial charge in [0.15, 0.2) is 0 Å². The zero-order valence-corrected chi connectivity index (χ0v) is 4.93. The van der Waals surface area contributed by atoms with Crippen LogP contribution in [0, 0.1) is 17.8 Å². The van der Waals surface area contributed by atoms with Gasteiger partial charge in [0.25, 0.3) is 0 Å². The number of piperidine rings is 2. The predicted octanol–water partition coefficient (Wildman–Crippen LogP) is 0.614. The van der Waals surface area contributed by atoms with Crippen molar-refractivity contribution in [2.24, 2.45) is 17.8 Å². The fourth-order valence-electron chi connectivity index (χ4n) is 2.73. The molecular formula is C7H11N. The van der Waals surface area contributed by atoms with Crippen LogP contribution in [0.15, 0.2) is 0 Å². The molecule has 8 heavy (non-hydrogen) atoms. The van der Waals surface area contributed by atoms with Gasteiger partial charge in [0.1, 0.15) is 0 Å². The van der Waals surface area contributed by atoms with Crippen LogP contribution in [0.25, 0.3) is 0 Å². The van der Waals surface area contributed by atoms with Crippen LogP contribution in [-0.4, -0.2) is 12.6 Å². The molecule has 0 amide bonds. The lowest BCUT2D eigenvalue weighted by molar-refractivity contribution is 0.347. The number of hydrogen-bond donors (Lipinski definition) is 1.